The molecule has 2 aliphatic carbocycles. The van der Waals surface area contributed by atoms with Crippen molar-refractivity contribution < 1.29 is 4.79 Å². The van der Waals surface area contributed by atoms with Gasteiger partial charge in [-0.05, 0) is 25.0 Å². The average Bonchev–Trinajstić information content (AvgIpc) is 2.87. The largest absolute Gasteiger partial charge is 0.298 e. The average molecular weight is 236 g/mol. The van der Waals surface area contributed by atoms with Crippen LogP contribution in [-0.2, 0) is 4.79 Å². The number of ketones is 1. The summed E-state index contributed by atoms with van der Waals surface area (Å²) in [5, 5.41) is 0. The van der Waals surface area contributed by atoms with Crippen LogP contribution < -0.4 is 0 Å². The molecule has 3 atom stereocenters. The van der Waals surface area contributed by atoms with Crippen LogP contribution in [0.2, 0.25) is 0 Å². The summed E-state index contributed by atoms with van der Waals surface area (Å²) >= 11 is 0. The second-order valence-electron chi connectivity index (χ2n) is 5.10. The molecule has 0 aromatic heterocycles. The summed E-state index contributed by atoms with van der Waals surface area (Å²) in [6.45, 7) is 2.07. The first-order chi connectivity index (χ1) is 8.78. The van der Waals surface area contributed by atoms with Crippen molar-refractivity contribution in [1.29, 1.82) is 0 Å². The Morgan fingerprint density at radius 2 is 2.11 bits per heavy atom. The minimum Gasteiger partial charge on any atom is -0.298 e. The minimum absolute atomic E-state index is 0.218. The Bertz CT molecular complexity index is 558. The van der Waals surface area contributed by atoms with Crippen LogP contribution in [0.5, 0.6) is 0 Å². The lowest BCUT2D eigenvalue weighted by molar-refractivity contribution is -0.146. The number of rotatable bonds is 1. The highest BCUT2D eigenvalue weighted by Crippen LogP contribution is 2.54. The van der Waals surface area contributed by atoms with E-state index in [0.717, 1.165) is 18.4 Å². The maximum atomic E-state index is 12.3. The van der Waals surface area contributed by atoms with Crippen molar-refractivity contribution in [2.24, 2.45) is 17.3 Å². The highest BCUT2D eigenvalue weighted by molar-refractivity contribution is 5.98. The minimum atomic E-state index is -0.409. The number of carbonyl (C=O) groups is 1. The van der Waals surface area contributed by atoms with E-state index in [1.165, 1.54) is 0 Å². The van der Waals surface area contributed by atoms with Gasteiger partial charge < -0.3 is 0 Å². The molecule has 18 heavy (non-hydrogen) atoms. The van der Waals surface area contributed by atoms with Gasteiger partial charge in [0, 0.05) is 17.4 Å². The molecular weight excluding hydrogens is 220 g/mol. The smallest absolute Gasteiger partial charge is 0.155 e. The molecule has 0 heterocycles. The lowest BCUT2D eigenvalue weighted by Gasteiger charge is -2.46. The van der Waals surface area contributed by atoms with Gasteiger partial charge in [0.2, 0.25) is 0 Å². The molecule has 0 bridgehead atoms. The highest BCUT2D eigenvalue weighted by atomic mass is 16.1. The third-order valence-corrected chi connectivity index (χ3v) is 4.27. The highest BCUT2D eigenvalue weighted by Gasteiger charge is 2.59. The summed E-state index contributed by atoms with van der Waals surface area (Å²) in [7, 11) is 0. The van der Waals surface area contributed by atoms with E-state index in [1.54, 1.807) is 0 Å². The predicted molar refractivity (Wildman–Crippen MR) is 71.8 cm³/mol. The van der Waals surface area contributed by atoms with Crippen LogP contribution in [0.25, 0.3) is 0 Å². The lowest BCUT2D eigenvalue weighted by atomic mass is 9.53. The van der Waals surface area contributed by atoms with E-state index in [0.29, 0.717) is 11.7 Å². The van der Waals surface area contributed by atoms with E-state index in [-0.39, 0.29) is 5.92 Å². The van der Waals surface area contributed by atoms with Gasteiger partial charge in [0.05, 0.1) is 5.41 Å². The van der Waals surface area contributed by atoms with E-state index in [2.05, 4.69) is 30.9 Å². The van der Waals surface area contributed by atoms with Gasteiger partial charge in [-0.1, -0.05) is 49.1 Å². The Morgan fingerprint density at radius 1 is 1.33 bits per heavy atom. The van der Waals surface area contributed by atoms with Gasteiger partial charge in [-0.3, -0.25) is 4.79 Å². The number of allylic oxidation sites excluding steroid dienone is 2. The van der Waals surface area contributed by atoms with Gasteiger partial charge >= 0.3 is 0 Å². The molecule has 0 radical (unpaired) electrons. The lowest BCUT2D eigenvalue weighted by Crippen LogP contribution is -2.54. The standard InChI is InChI=1S/C17H16O/c1-2-17(12-11-13-7-4-3-5-8-13)15-10-6-9-14(15)16(17)18/h3-8,10,14-15H,2,9H2,1H3/t14-,15+,17-/m1/s1. The zero-order chi connectivity index (χ0) is 12.6. The zero-order valence-electron chi connectivity index (χ0n) is 10.5. The van der Waals surface area contributed by atoms with Crippen molar-refractivity contribution in [1.82, 2.24) is 0 Å². The molecule has 1 aromatic rings. The predicted octanol–water partition coefficient (Wildman–Crippen LogP) is 3.21. The Labute approximate surface area is 108 Å². The molecule has 1 saturated carbocycles. The zero-order valence-corrected chi connectivity index (χ0v) is 10.5. The Morgan fingerprint density at radius 3 is 2.83 bits per heavy atom. The summed E-state index contributed by atoms with van der Waals surface area (Å²) < 4.78 is 0. The molecular formula is C17H16O. The number of hydrogen-bond donors (Lipinski definition) is 0. The molecule has 0 saturated heterocycles. The number of Topliss-reactive ketones (excluding diaryl/α,β-unsaturated/α-hetero) is 1. The van der Waals surface area contributed by atoms with Crippen LogP contribution in [0.4, 0.5) is 0 Å². The van der Waals surface area contributed by atoms with E-state index < -0.39 is 5.41 Å². The molecule has 1 aromatic carbocycles. The van der Waals surface area contributed by atoms with Crippen molar-refractivity contribution in [3.05, 3.63) is 48.0 Å². The summed E-state index contributed by atoms with van der Waals surface area (Å²) in [6.07, 6.45) is 6.06. The van der Waals surface area contributed by atoms with Gasteiger partial charge in [-0.25, -0.2) is 0 Å². The van der Waals surface area contributed by atoms with E-state index in [9.17, 15) is 4.79 Å². The number of fused-ring (bicyclic) bond motifs is 1. The Kier molecular flexibility index (Phi) is 2.59. The quantitative estimate of drug-likeness (QED) is 0.540. The molecule has 90 valence electrons. The van der Waals surface area contributed by atoms with E-state index in [1.807, 2.05) is 30.3 Å². The number of carbonyl (C=O) groups excluding carboxylic acids is 1. The molecule has 1 nitrogen and oxygen atoms in total. The monoisotopic (exact) mass is 236 g/mol. The van der Waals surface area contributed by atoms with Crippen LogP contribution in [-0.4, -0.2) is 5.78 Å². The summed E-state index contributed by atoms with van der Waals surface area (Å²) in [5.41, 5.74) is 0.580. The van der Waals surface area contributed by atoms with Crippen molar-refractivity contribution in [3.63, 3.8) is 0 Å². The van der Waals surface area contributed by atoms with Crippen LogP contribution in [0.1, 0.15) is 25.3 Å². The third kappa shape index (κ3) is 1.46. The Hall–Kier alpha value is -1.81. The van der Waals surface area contributed by atoms with Gasteiger partial charge in [0.15, 0.2) is 5.78 Å². The summed E-state index contributed by atoms with van der Waals surface area (Å²) in [6, 6.07) is 9.90. The normalized spacial score (nSPS) is 32.4. The van der Waals surface area contributed by atoms with E-state index >= 15 is 0 Å². The van der Waals surface area contributed by atoms with Gasteiger partial charge in [0.25, 0.3) is 0 Å². The first kappa shape index (κ1) is 11.3. The molecule has 0 spiro atoms. The molecule has 0 amide bonds. The fourth-order valence-corrected chi connectivity index (χ4v) is 3.18. The number of benzene rings is 1. The molecule has 1 heteroatoms. The second-order valence-corrected chi connectivity index (χ2v) is 5.10. The van der Waals surface area contributed by atoms with E-state index in [4.69, 9.17) is 0 Å². The van der Waals surface area contributed by atoms with Crippen molar-refractivity contribution in [2.45, 2.75) is 19.8 Å². The molecule has 0 unspecified atom stereocenters. The summed E-state index contributed by atoms with van der Waals surface area (Å²) in [5.74, 6) is 7.37. The van der Waals surface area contributed by atoms with Crippen molar-refractivity contribution >= 4 is 5.78 Å². The topological polar surface area (TPSA) is 17.1 Å². The van der Waals surface area contributed by atoms with Crippen LogP contribution in [0.15, 0.2) is 42.5 Å². The van der Waals surface area contributed by atoms with Crippen LogP contribution in [0, 0.1) is 29.1 Å². The SMILES string of the molecule is CC[C@]1(C#Cc2ccccc2)C(=O)[C@@H]2CC=C[C@@H]21. The molecule has 2 aliphatic rings. The molecule has 1 fully saturated rings. The third-order valence-electron chi connectivity index (χ3n) is 4.27. The van der Waals surface area contributed by atoms with Gasteiger partial charge in [-0.2, -0.15) is 0 Å². The van der Waals surface area contributed by atoms with Crippen molar-refractivity contribution in [3.8, 4) is 11.8 Å². The second kappa shape index (κ2) is 4.14. The molecule has 0 aliphatic heterocycles. The van der Waals surface area contributed by atoms with Gasteiger partial charge in [0.1, 0.15) is 0 Å². The Balaban J connectivity index is 1.93. The fourth-order valence-electron chi connectivity index (χ4n) is 3.18. The molecule has 3 rings (SSSR count). The first-order valence-corrected chi connectivity index (χ1v) is 6.57. The first-order valence-electron chi connectivity index (χ1n) is 6.57. The van der Waals surface area contributed by atoms with Crippen LogP contribution >= 0.6 is 0 Å². The van der Waals surface area contributed by atoms with Crippen molar-refractivity contribution in [2.75, 3.05) is 0 Å². The fraction of sp³-hybridized carbons (Fsp3) is 0.353. The van der Waals surface area contributed by atoms with Gasteiger partial charge in [-0.15, -0.1) is 0 Å². The van der Waals surface area contributed by atoms with Crippen LogP contribution in [0.3, 0.4) is 0 Å². The maximum Gasteiger partial charge on any atom is 0.155 e. The maximum absolute atomic E-state index is 12.3. The number of hydrogen-bond acceptors (Lipinski definition) is 1. The molecule has 0 N–H and O–H groups in total. The summed E-state index contributed by atoms with van der Waals surface area (Å²) in [4.78, 5) is 12.3.